The lowest BCUT2D eigenvalue weighted by Gasteiger charge is -2.40. The van der Waals surface area contributed by atoms with E-state index >= 15 is 0 Å². The van der Waals surface area contributed by atoms with E-state index in [2.05, 4.69) is 31.3 Å². The maximum atomic E-state index is 12.2. The minimum Gasteiger partial charge on any atom is -0.356 e. The molecule has 128 valence electrons. The number of rotatable bonds is 1. The molecule has 1 saturated heterocycles. The smallest absolute Gasteiger partial charge is 0.254 e. The van der Waals surface area contributed by atoms with E-state index < -0.39 is 0 Å². The molecule has 0 saturated carbocycles. The van der Waals surface area contributed by atoms with Crippen LogP contribution in [-0.2, 0) is 11.8 Å². The summed E-state index contributed by atoms with van der Waals surface area (Å²) in [4.78, 5) is 32.1. The van der Waals surface area contributed by atoms with E-state index in [1.807, 2.05) is 6.92 Å². The van der Waals surface area contributed by atoms with Gasteiger partial charge in [0.15, 0.2) is 0 Å². The molecular weight excluding hydrogens is 334 g/mol. The number of hydrogen-bond donors (Lipinski definition) is 1. The molecule has 7 heteroatoms. The van der Waals surface area contributed by atoms with Crippen LogP contribution in [0.2, 0.25) is 0 Å². The fraction of sp³-hybridized carbons (Fsp3) is 0.444. The third-order valence-electron chi connectivity index (χ3n) is 5.75. The Hall–Kier alpha value is -2.28. The van der Waals surface area contributed by atoms with Crippen LogP contribution in [0, 0.1) is 6.92 Å². The highest BCUT2D eigenvalue weighted by molar-refractivity contribution is 7.16. The highest BCUT2D eigenvalue weighted by Gasteiger charge is 2.44. The third-order valence-corrected chi connectivity index (χ3v) is 6.57. The number of H-pyrrole nitrogens is 1. The van der Waals surface area contributed by atoms with Gasteiger partial charge in [0.25, 0.3) is 5.56 Å². The molecule has 3 aromatic rings. The van der Waals surface area contributed by atoms with Crippen LogP contribution in [0.3, 0.4) is 0 Å². The zero-order valence-corrected chi connectivity index (χ0v) is 14.9. The summed E-state index contributed by atoms with van der Waals surface area (Å²) in [5.74, 6) is 1.76. The number of hydrogen-bond acceptors (Lipinski definition) is 6. The third kappa shape index (κ3) is 2.22. The molecular formula is C18H19N5OS. The van der Waals surface area contributed by atoms with Gasteiger partial charge in [-0.2, -0.15) is 0 Å². The molecule has 5 rings (SSSR count). The van der Waals surface area contributed by atoms with Gasteiger partial charge in [-0.15, -0.1) is 11.3 Å². The Morgan fingerprint density at radius 2 is 2.08 bits per heavy atom. The maximum absolute atomic E-state index is 12.2. The van der Waals surface area contributed by atoms with Gasteiger partial charge in [-0.05, 0) is 44.1 Å². The Balaban J connectivity index is 1.47. The Morgan fingerprint density at radius 1 is 1.24 bits per heavy atom. The molecule has 0 unspecified atom stereocenters. The number of piperidine rings is 1. The van der Waals surface area contributed by atoms with Gasteiger partial charge in [-0.3, -0.25) is 4.79 Å². The fourth-order valence-corrected chi connectivity index (χ4v) is 5.15. The van der Waals surface area contributed by atoms with Crippen LogP contribution in [0.15, 0.2) is 22.6 Å². The van der Waals surface area contributed by atoms with Crippen LogP contribution in [0.4, 0.5) is 5.82 Å². The topological polar surface area (TPSA) is 74.8 Å². The summed E-state index contributed by atoms with van der Waals surface area (Å²) in [6.45, 7) is 3.75. The number of nitrogens with one attached hydrogen (secondary N) is 1. The first-order valence-electron chi connectivity index (χ1n) is 8.70. The molecule has 3 aromatic heterocycles. The van der Waals surface area contributed by atoms with Gasteiger partial charge < -0.3 is 9.88 Å². The van der Waals surface area contributed by atoms with Crippen molar-refractivity contribution < 1.29 is 0 Å². The van der Waals surface area contributed by atoms with Crippen LogP contribution in [0.1, 0.15) is 36.3 Å². The van der Waals surface area contributed by atoms with Crippen LogP contribution in [0.5, 0.6) is 0 Å². The van der Waals surface area contributed by atoms with Crippen molar-refractivity contribution in [3.8, 4) is 0 Å². The number of aromatic amines is 1. The number of nitrogens with zero attached hydrogens (tertiary/aromatic N) is 4. The van der Waals surface area contributed by atoms with Gasteiger partial charge in [0, 0.05) is 24.1 Å². The van der Waals surface area contributed by atoms with Crippen molar-refractivity contribution >= 4 is 27.4 Å². The lowest BCUT2D eigenvalue weighted by atomic mass is 9.76. The van der Waals surface area contributed by atoms with Crippen molar-refractivity contribution in [3.63, 3.8) is 0 Å². The fourth-order valence-electron chi connectivity index (χ4n) is 4.43. The first kappa shape index (κ1) is 15.0. The monoisotopic (exact) mass is 353 g/mol. The second-order valence-electron chi connectivity index (χ2n) is 7.08. The van der Waals surface area contributed by atoms with Crippen molar-refractivity contribution in [2.75, 3.05) is 18.0 Å². The number of fused-ring (bicyclic) bond motifs is 3. The van der Waals surface area contributed by atoms with Crippen LogP contribution >= 0.6 is 11.3 Å². The van der Waals surface area contributed by atoms with E-state index in [4.69, 9.17) is 4.98 Å². The van der Waals surface area contributed by atoms with Gasteiger partial charge >= 0.3 is 0 Å². The second-order valence-corrected chi connectivity index (χ2v) is 7.98. The number of aryl methyl sites for hydroxylation is 1. The zero-order valence-electron chi connectivity index (χ0n) is 14.1. The molecule has 0 amide bonds. The largest absolute Gasteiger partial charge is 0.356 e. The lowest BCUT2D eigenvalue weighted by Crippen LogP contribution is -2.42. The SMILES string of the molecule is Cc1nc2c(c(=O)[nH]1)CCC21CCN(c2ncnc3sccc23)CC1. The van der Waals surface area contributed by atoms with E-state index in [-0.39, 0.29) is 11.0 Å². The Kier molecular flexibility index (Phi) is 3.22. The Labute approximate surface area is 149 Å². The van der Waals surface area contributed by atoms with Crippen LogP contribution in [0.25, 0.3) is 10.2 Å². The van der Waals surface area contributed by atoms with E-state index in [9.17, 15) is 4.79 Å². The van der Waals surface area contributed by atoms with Gasteiger partial charge in [0.1, 0.15) is 22.8 Å². The summed E-state index contributed by atoms with van der Waals surface area (Å²) in [5, 5.41) is 3.21. The van der Waals surface area contributed by atoms with Crippen LogP contribution in [-0.4, -0.2) is 33.0 Å². The predicted molar refractivity (Wildman–Crippen MR) is 98.5 cm³/mol. The average Bonchev–Trinajstić information content (AvgIpc) is 3.22. The molecule has 1 aliphatic carbocycles. The van der Waals surface area contributed by atoms with E-state index in [1.54, 1.807) is 17.7 Å². The van der Waals surface area contributed by atoms with Crippen molar-refractivity contribution in [2.24, 2.45) is 0 Å². The highest BCUT2D eigenvalue weighted by atomic mass is 32.1. The first-order valence-corrected chi connectivity index (χ1v) is 9.58. The van der Waals surface area contributed by atoms with Gasteiger partial charge in [-0.1, -0.05) is 0 Å². The molecule has 6 nitrogen and oxygen atoms in total. The number of anilines is 1. The molecule has 4 heterocycles. The molecule has 0 radical (unpaired) electrons. The lowest BCUT2D eigenvalue weighted by molar-refractivity contribution is 0.322. The summed E-state index contributed by atoms with van der Waals surface area (Å²) >= 11 is 1.65. The minimum atomic E-state index is 0.0533. The summed E-state index contributed by atoms with van der Waals surface area (Å²) < 4.78 is 0. The second kappa shape index (κ2) is 5.36. The maximum Gasteiger partial charge on any atom is 0.254 e. The number of thiophene rings is 1. The van der Waals surface area contributed by atoms with Crippen molar-refractivity contribution in [2.45, 2.75) is 38.0 Å². The van der Waals surface area contributed by atoms with Crippen molar-refractivity contribution in [1.29, 1.82) is 0 Å². The molecule has 0 bridgehead atoms. The van der Waals surface area contributed by atoms with Crippen LogP contribution < -0.4 is 10.5 Å². The summed E-state index contributed by atoms with van der Waals surface area (Å²) in [6.07, 6.45) is 5.58. The molecule has 25 heavy (non-hydrogen) atoms. The van der Waals surface area contributed by atoms with E-state index in [1.165, 1.54) is 0 Å². The quantitative estimate of drug-likeness (QED) is 0.728. The zero-order chi connectivity index (χ0) is 17.0. The summed E-state index contributed by atoms with van der Waals surface area (Å²) in [6, 6.07) is 2.11. The van der Waals surface area contributed by atoms with Gasteiger partial charge in [-0.25, -0.2) is 15.0 Å². The predicted octanol–water partition coefficient (Wildman–Crippen LogP) is 2.57. The molecule has 2 aliphatic rings. The standard InChI is InChI=1S/C18H19N5OS/c1-11-21-14-12(16(24)22-11)2-4-18(14)5-7-23(8-6-18)15-13-3-9-25-17(13)20-10-19-15/h3,9-10H,2,4-8H2,1H3,(H,21,22,24). The van der Waals surface area contributed by atoms with Gasteiger partial charge in [0.05, 0.1) is 11.1 Å². The molecule has 0 atom stereocenters. The molecule has 0 aromatic carbocycles. The average molecular weight is 353 g/mol. The summed E-state index contributed by atoms with van der Waals surface area (Å²) in [5.41, 5.74) is 2.07. The Bertz CT molecular complexity index is 1020. The first-order chi connectivity index (χ1) is 12.2. The Morgan fingerprint density at radius 3 is 2.92 bits per heavy atom. The normalized spacial score (nSPS) is 18.8. The van der Waals surface area contributed by atoms with E-state index in [0.29, 0.717) is 0 Å². The van der Waals surface area contributed by atoms with Gasteiger partial charge in [0.2, 0.25) is 0 Å². The highest BCUT2D eigenvalue weighted by Crippen LogP contribution is 2.45. The van der Waals surface area contributed by atoms with Crippen molar-refractivity contribution in [3.05, 3.63) is 45.2 Å². The van der Waals surface area contributed by atoms with E-state index in [0.717, 1.165) is 71.9 Å². The minimum absolute atomic E-state index is 0.0533. The molecule has 1 fully saturated rings. The summed E-state index contributed by atoms with van der Waals surface area (Å²) in [7, 11) is 0. The molecule has 1 aliphatic heterocycles. The van der Waals surface area contributed by atoms with Crippen molar-refractivity contribution in [1.82, 2.24) is 19.9 Å². The molecule has 1 spiro atoms. The number of aromatic nitrogens is 4. The molecule has 1 N–H and O–H groups in total.